The molecule has 1 aromatic carbocycles. The number of hydrogen-bond acceptors (Lipinski definition) is 4. The second-order valence-electron chi connectivity index (χ2n) is 7.04. The molecule has 7 nitrogen and oxygen atoms in total. The van der Waals surface area contributed by atoms with Gasteiger partial charge in [-0.25, -0.2) is 13.4 Å². The van der Waals surface area contributed by atoms with Crippen molar-refractivity contribution in [3.8, 4) is 0 Å². The number of aliphatic imine (C=N–C) groups is 1. The van der Waals surface area contributed by atoms with Gasteiger partial charge in [-0.1, -0.05) is 12.1 Å². The van der Waals surface area contributed by atoms with E-state index >= 15 is 0 Å². The molecule has 0 bridgehead atoms. The lowest BCUT2D eigenvalue weighted by Gasteiger charge is -2.24. The van der Waals surface area contributed by atoms with Crippen molar-refractivity contribution >= 4 is 26.8 Å². The Morgan fingerprint density at radius 1 is 1.27 bits per heavy atom. The topological polar surface area (TPSA) is 88.4 Å². The van der Waals surface area contributed by atoms with Crippen LogP contribution in [0.2, 0.25) is 0 Å². The van der Waals surface area contributed by atoms with Crippen LogP contribution in [0.1, 0.15) is 26.1 Å². The van der Waals surface area contributed by atoms with E-state index in [2.05, 4.69) is 31.2 Å². The summed E-state index contributed by atoms with van der Waals surface area (Å²) >= 11 is 0. The van der Waals surface area contributed by atoms with Crippen LogP contribution in [-0.2, 0) is 16.4 Å². The summed E-state index contributed by atoms with van der Waals surface area (Å²) in [5, 5.41) is 6.33. The molecule has 1 heterocycles. The highest BCUT2D eigenvalue weighted by Crippen LogP contribution is 2.15. The number of para-hydroxylation sites is 2. The van der Waals surface area contributed by atoms with Crippen LogP contribution in [0.25, 0.3) is 11.0 Å². The molecular weight excluding hydrogens is 350 g/mol. The lowest BCUT2D eigenvalue weighted by Crippen LogP contribution is -2.47. The Morgan fingerprint density at radius 3 is 2.62 bits per heavy atom. The number of nitrogens with zero attached hydrogens (tertiary/aromatic N) is 3. The maximum absolute atomic E-state index is 11.8. The summed E-state index contributed by atoms with van der Waals surface area (Å²) in [6, 6.07) is 8.12. The molecule has 2 rings (SSSR count). The summed E-state index contributed by atoms with van der Waals surface area (Å²) in [6.45, 7) is 7.30. The van der Waals surface area contributed by atoms with Crippen LogP contribution in [0.4, 0.5) is 0 Å². The molecule has 0 aliphatic rings. The van der Waals surface area contributed by atoms with Gasteiger partial charge in [0.25, 0.3) is 0 Å². The lowest BCUT2D eigenvalue weighted by atomic mass is 10.2. The number of sulfone groups is 1. The van der Waals surface area contributed by atoms with Gasteiger partial charge in [0.05, 0.1) is 15.8 Å². The quantitative estimate of drug-likeness (QED) is 0.434. The third-order valence-electron chi connectivity index (χ3n) is 4.61. The minimum absolute atomic E-state index is 0.302. The molecular formula is C18H29N5O2S. The number of imidazole rings is 1. The molecule has 0 aliphatic heterocycles. The normalized spacial score (nSPS) is 13.2. The predicted octanol–water partition coefficient (Wildman–Crippen LogP) is 1.72. The maximum Gasteiger partial charge on any atom is 0.191 e. The number of nitrogens with one attached hydrogen (secondary N) is 2. The summed E-state index contributed by atoms with van der Waals surface area (Å²) in [4.78, 5) is 8.73. The molecule has 8 heteroatoms. The van der Waals surface area contributed by atoms with Crippen LogP contribution in [0, 0.1) is 6.92 Å². The second-order valence-corrected chi connectivity index (χ2v) is 9.69. The van der Waals surface area contributed by atoms with E-state index < -0.39 is 14.6 Å². The summed E-state index contributed by atoms with van der Waals surface area (Å²) in [5.41, 5.74) is 2.15. The van der Waals surface area contributed by atoms with E-state index in [4.69, 9.17) is 0 Å². The van der Waals surface area contributed by atoms with Crippen molar-refractivity contribution in [1.82, 2.24) is 20.2 Å². The molecule has 0 spiro atoms. The minimum atomic E-state index is -3.14. The molecule has 0 atom stereocenters. The summed E-state index contributed by atoms with van der Waals surface area (Å²) in [5.74, 6) is 1.61. The summed E-state index contributed by atoms with van der Waals surface area (Å²) in [6.07, 6.45) is 2.15. The molecule has 2 N–H and O–H groups in total. The first-order valence-corrected chi connectivity index (χ1v) is 10.6. The SMILES string of the molecule is CN=C(NCCCn1c(C)nc2ccccc21)NCC(C)(C)S(C)(=O)=O. The molecule has 2 aromatic rings. The Morgan fingerprint density at radius 2 is 1.96 bits per heavy atom. The average Bonchev–Trinajstić information content (AvgIpc) is 2.88. The van der Waals surface area contributed by atoms with E-state index in [1.54, 1.807) is 20.9 Å². The van der Waals surface area contributed by atoms with E-state index in [0.717, 1.165) is 36.4 Å². The summed E-state index contributed by atoms with van der Waals surface area (Å²) in [7, 11) is -1.47. The molecule has 0 amide bonds. The Hall–Kier alpha value is -2.09. The molecule has 144 valence electrons. The first-order chi connectivity index (χ1) is 12.2. The van der Waals surface area contributed by atoms with Gasteiger partial charge in [-0.05, 0) is 39.3 Å². The van der Waals surface area contributed by atoms with Gasteiger partial charge in [-0.3, -0.25) is 4.99 Å². The number of guanidine groups is 1. The second kappa shape index (κ2) is 8.07. The number of hydrogen-bond donors (Lipinski definition) is 2. The lowest BCUT2D eigenvalue weighted by molar-refractivity contribution is 0.543. The fourth-order valence-electron chi connectivity index (χ4n) is 2.57. The van der Waals surface area contributed by atoms with Gasteiger partial charge in [0.15, 0.2) is 15.8 Å². The first kappa shape index (κ1) is 20.2. The Labute approximate surface area is 155 Å². The average molecular weight is 380 g/mol. The summed E-state index contributed by atoms with van der Waals surface area (Å²) < 4.78 is 24.9. The first-order valence-electron chi connectivity index (χ1n) is 8.72. The highest BCUT2D eigenvalue weighted by atomic mass is 32.2. The van der Waals surface area contributed by atoms with Crippen molar-refractivity contribution in [2.45, 2.75) is 38.5 Å². The van der Waals surface area contributed by atoms with Crippen molar-refractivity contribution < 1.29 is 8.42 Å². The fourth-order valence-corrected chi connectivity index (χ4v) is 2.90. The Kier molecular flexibility index (Phi) is 6.28. The van der Waals surface area contributed by atoms with E-state index in [0.29, 0.717) is 12.5 Å². The van der Waals surface area contributed by atoms with Crippen molar-refractivity contribution in [1.29, 1.82) is 0 Å². The smallest absolute Gasteiger partial charge is 0.191 e. The molecule has 0 fully saturated rings. The molecule has 0 aliphatic carbocycles. The van der Waals surface area contributed by atoms with Crippen molar-refractivity contribution in [2.24, 2.45) is 4.99 Å². The van der Waals surface area contributed by atoms with Gasteiger partial charge in [0, 0.05) is 32.9 Å². The van der Waals surface area contributed by atoms with Crippen molar-refractivity contribution in [3.63, 3.8) is 0 Å². The van der Waals surface area contributed by atoms with Gasteiger partial charge in [-0.15, -0.1) is 0 Å². The van der Waals surface area contributed by atoms with E-state index in [-0.39, 0.29) is 0 Å². The number of aromatic nitrogens is 2. The third-order valence-corrected chi connectivity index (χ3v) is 6.76. The zero-order chi connectivity index (χ0) is 19.4. The zero-order valence-corrected chi connectivity index (χ0v) is 17.0. The Bertz CT molecular complexity index is 884. The van der Waals surface area contributed by atoms with Gasteiger partial charge >= 0.3 is 0 Å². The van der Waals surface area contributed by atoms with Gasteiger partial charge in [-0.2, -0.15) is 0 Å². The molecule has 0 radical (unpaired) electrons. The zero-order valence-electron chi connectivity index (χ0n) is 16.2. The number of rotatable bonds is 7. The van der Waals surface area contributed by atoms with Crippen LogP contribution in [0.3, 0.4) is 0 Å². The molecule has 26 heavy (non-hydrogen) atoms. The standard InChI is InChI=1S/C18H29N5O2S/c1-14-22-15-9-6-7-10-16(15)23(14)12-8-11-20-17(19-4)21-13-18(2,3)26(5,24)25/h6-7,9-10H,8,11-13H2,1-5H3,(H2,19,20,21). The van der Waals surface area contributed by atoms with Crippen LogP contribution >= 0.6 is 0 Å². The monoisotopic (exact) mass is 379 g/mol. The third kappa shape index (κ3) is 4.75. The van der Waals surface area contributed by atoms with Crippen molar-refractivity contribution in [3.05, 3.63) is 30.1 Å². The van der Waals surface area contributed by atoms with Gasteiger partial charge in [0.2, 0.25) is 0 Å². The number of aryl methyl sites for hydroxylation is 2. The van der Waals surface area contributed by atoms with Gasteiger partial charge < -0.3 is 15.2 Å². The predicted molar refractivity (Wildman–Crippen MR) is 107 cm³/mol. The number of fused-ring (bicyclic) bond motifs is 1. The van der Waals surface area contributed by atoms with Gasteiger partial charge in [0.1, 0.15) is 5.82 Å². The van der Waals surface area contributed by atoms with Crippen molar-refractivity contribution in [2.75, 3.05) is 26.4 Å². The largest absolute Gasteiger partial charge is 0.356 e. The molecule has 0 unspecified atom stereocenters. The minimum Gasteiger partial charge on any atom is -0.356 e. The number of benzene rings is 1. The highest BCUT2D eigenvalue weighted by Gasteiger charge is 2.30. The highest BCUT2D eigenvalue weighted by molar-refractivity contribution is 7.92. The maximum atomic E-state index is 11.8. The van der Waals surface area contributed by atoms with E-state index in [9.17, 15) is 8.42 Å². The van der Waals surface area contributed by atoms with Crippen LogP contribution < -0.4 is 10.6 Å². The van der Waals surface area contributed by atoms with Crippen LogP contribution in [0.5, 0.6) is 0 Å². The van der Waals surface area contributed by atoms with Crippen LogP contribution in [-0.4, -0.2) is 55.1 Å². The molecule has 0 saturated heterocycles. The Balaban J connectivity index is 1.85. The van der Waals surface area contributed by atoms with E-state index in [1.807, 2.05) is 25.1 Å². The molecule has 1 aromatic heterocycles. The fraction of sp³-hybridized carbons (Fsp3) is 0.556. The molecule has 0 saturated carbocycles. The van der Waals surface area contributed by atoms with E-state index in [1.165, 1.54) is 6.26 Å². The van der Waals surface area contributed by atoms with Crippen LogP contribution in [0.15, 0.2) is 29.3 Å².